The molecule has 7 nitrogen and oxygen atoms in total. The quantitative estimate of drug-likeness (QED) is 0.856. The van der Waals surface area contributed by atoms with Crippen LogP contribution in [0.1, 0.15) is 10.4 Å². The van der Waals surface area contributed by atoms with Crippen molar-refractivity contribution >= 4 is 28.9 Å². The van der Waals surface area contributed by atoms with Crippen LogP contribution in [0.4, 0.5) is 11.6 Å². The third-order valence-corrected chi connectivity index (χ3v) is 5.85. The van der Waals surface area contributed by atoms with Crippen molar-refractivity contribution in [3.05, 3.63) is 34.8 Å². The van der Waals surface area contributed by atoms with Gasteiger partial charge in [0.2, 0.25) is 0 Å². The van der Waals surface area contributed by atoms with E-state index in [0.29, 0.717) is 25.0 Å². The zero-order valence-corrected chi connectivity index (χ0v) is 15.8. The van der Waals surface area contributed by atoms with Crippen molar-refractivity contribution in [2.24, 2.45) is 11.8 Å². The highest BCUT2D eigenvalue weighted by molar-refractivity contribution is 7.08. The van der Waals surface area contributed by atoms with E-state index >= 15 is 0 Å². The lowest BCUT2D eigenvalue weighted by Gasteiger charge is -2.22. The Bertz CT molecular complexity index is 767. The Labute approximate surface area is 157 Å². The molecule has 2 aromatic rings. The summed E-state index contributed by atoms with van der Waals surface area (Å²) < 4.78 is 6.00. The molecular formula is C18H23N5O2S. The van der Waals surface area contributed by atoms with E-state index in [-0.39, 0.29) is 12.0 Å². The molecule has 0 radical (unpaired) electrons. The van der Waals surface area contributed by atoms with Crippen molar-refractivity contribution in [2.75, 3.05) is 50.1 Å². The van der Waals surface area contributed by atoms with E-state index < -0.39 is 0 Å². The van der Waals surface area contributed by atoms with Crippen LogP contribution in [0, 0.1) is 11.8 Å². The number of nitrogens with zero attached hydrogens (tertiary/aromatic N) is 4. The van der Waals surface area contributed by atoms with E-state index in [0.717, 1.165) is 30.3 Å². The predicted molar refractivity (Wildman–Crippen MR) is 102 cm³/mol. The van der Waals surface area contributed by atoms with Gasteiger partial charge in [0, 0.05) is 62.6 Å². The monoisotopic (exact) mass is 373 g/mol. The average molecular weight is 373 g/mol. The molecule has 0 spiro atoms. The van der Waals surface area contributed by atoms with Crippen molar-refractivity contribution in [1.29, 1.82) is 0 Å². The number of rotatable bonds is 5. The largest absolute Gasteiger partial charge is 0.376 e. The maximum Gasteiger partial charge on any atom is 0.252 e. The first kappa shape index (κ1) is 17.2. The van der Waals surface area contributed by atoms with E-state index in [1.807, 2.05) is 41.9 Å². The second kappa shape index (κ2) is 7.20. The standard InChI is InChI=1S/C18H23N5O2S/c1-22(2)16-5-17(21-11-20-16)23-7-14-13(9-25-15(14)8-23)6-19-18(24)12-3-4-26-10-12/h3-5,10-11,13-15H,6-9H2,1-2H3,(H,19,24)/t13-,14+,15+/m0/s1. The number of carbonyl (C=O) groups excluding carboxylic acids is 1. The molecule has 4 rings (SSSR count). The van der Waals surface area contributed by atoms with Crippen LogP contribution >= 0.6 is 11.3 Å². The Kier molecular flexibility index (Phi) is 4.78. The number of nitrogens with one attached hydrogen (secondary N) is 1. The maximum absolute atomic E-state index is 12.2. The second-order valence-electron chi connectivity index (χ2n) is 7.05. The summed E-state index contributed by atoms with van der Waals surface area (Å²) in [6, 6.07) is 3.86. The normalized spacial score (nSPS) is 24.5. The fourth-order valence-electron chi connectivity index (χ4n) is 3.67. The first-order chi connectivity index (χ1) is 12.6. The molecule has 0 aromatic carbocycles. The SMILES string of the molecule is CN(C)c1cc(N2C[C@@H]3[C@@H](CNC(=O)c4ccsc4)CO[C@@H]3C2)ncn1. The minimum Gasteiger partial charge on any atom is -0.376 e. The summed E-state index contributed by atoms with van der Waals surface area (Å²) in [7, 11) is 3.94. The molecule has 2 aromatic heterocycles. The van der Waals surface area contributed by atoms with Gasteiger partial charge in [0.05, 0.1) is 12.7 Å². The van der Waals surface area contributed by atoms with Gasteiger partial charge in [-0.1, -0.05) is 0 Å². The average Bonchev–Trinajstić information content (AvgIpc) is 3.37. The fourth-order valence-corrected chi connectivity index (χ4v) is 4.31. The van der Waals surface area contributed by atoms with Gasteiger partial charge in [-0.25, -0.2) is 9.97 Å². The number of fused-ring (bicyclic) bond motifs is 1. The molecule has 8 heteroatoms. The molecule has 2 aliphatic rings. The molecule has 1 N–H and O–H groups in total. The number of thiophene rings is 1. The summed E-state index contributed by atoms with van der Waals surface area (Å²) in [6.45, 7) is 3.09. The Balaban J connectivity index is 1.38. The first-order valence-corrected chi connectivity index (χ1v) is 9.72. The Morgan fingerprint density at radius 1 is 1.42 bits per heavy atom. The van der Waals surface area contributed by atoms with Gasteiger partial charge in [-0.15, -0.1) is 0 Å². The van der Waals surface area contributed by atoms with Gasteiger partial charge in [0.15, 0.2) is 0 Å². The van der Waals surface area contributed by atoms with E-state index in [4.69, 9.17) is 4.74 Å². The van der Waals surface area contributed by atoms with E-state index in [1.54, 1.807) is 6.33 Å². The van der Waals surface area contributed by atoms with E-state index in [1.165, 1.54) is 11.3 Å². The van der Waals surface area contributed by atoms with Crippen molar-refractivity contribution in [3.8, 4) is 0 Å². The zero-order valence-electron chi connectivity index (χ0n) is 15.0. The minimum absolute atomic E-state index is 0.00372. The second-order valence-corrected chi connectivity index (χ2v) is 7.83. The number of ether oxygens (including phenoxy) is 1. The smallest absolute Gasteiger partial charge is 0.252 e. The number of hydrogen-bond donors (Lipinski definition) is 1. The summed E-state index contributed by atoms with van der Waals surface area (Å²) in [5.74, 6) is 2.57. The number of anilines is 2. The van der Waals surface area contributed by atoms with Crippen LogP contribution in [-0.4, -0.2) is 62.3 Å². The summed E-state index contributed by atoms with van der Waals surface area (Å²) in [6.07, 6.45) is 1.81. The van der Waals surface area contributed by atoms with Crippen molar-refractivity contribution in [1.82, 2.24) is 15.3 Å². The summed E-state index contributed by atoms with van der Waals surface area (Å²) >= 11 is 1.53. The highest BCUT2D eigenvalue weighted by atomic mass is 32.1. The van der Waals surface area contributed by atoms with Gasteiger partial charge >= 0.3 is 0 Å². The maximum atomic E-state index is 12.2. The van der Waals surface area contributed by atoms with Crippen LogP contribution in [0.5, 0.6) is 0 Å². The van der Waals surface area contributed by atoms with Crippen LogP contribution in [-0.2, 0) is 4.74 Å². The lowest BCUT2D eigenvalue weighted by Crippen LogP contribution is -2.34. The van der Waals surface area contributed by atoms with Gasteiger partial charge in [-0.05, 0) is 11.4 Å². The number of hydrogen-bond acceptors (Lipinski definition) is 7. The molecule has 2 aliphatic heterocycles. The third kappa shape index (κ3) is 3.39. The highest BCUT2D eigenvalue weighted by Crippen LogP contribution is 2.35. The molecule has 138 valence electrons. The molecular weight excluding hydrogens is 350 g/mol. The fraction of sp³-hybridized carbons (Fsp3) is 0.500. The molecule has 0 bridgehead atoms. The first-order valence-electron chi connectivity index (χ1n) is 8.78. The van der Waals surface area contributed by atoms with Gasteiger partial charge < -0.3 is 19.9 Å². The number of aromatic nitrogens is 2. The van der Waals surface area contributed by atoms with Gasteiger partial charge in [0.1, 0.15) is 18.0 Å². The predicted octanol–water partition coefficient (Wildman–Crippen LogP) is 1.49. The molecule has 0 unspecified atom stereocenters. The molecule has 4 heterocycles. The molecule has 1 amide bonds. The zero-order chi connectivity index (χ0) is 18.1. The van der Waals surface area contributed by atoms with Gasteiger partial charge in [-0.2, -0.15) is 11.3 Å². The Morgan fingerprint density at radius 2 is 2.31 bits per heavy atom. The number of carbonyl (C=O) groups is 1. The summed E-state index contributed by atoms with van der Waals surface area (Å²) in [4.78, 5) is 25.1. The van der Waals surface area contributed by atoms with Crippen molar-refractivity contribution in [3.63, 3.8) is 0 Å². The van der Waals surface area contributed by atoms with E-state index in [2.05, 4.69) is 20.2 Å². The van der Waals surface area contributed by atoms with E-state index in [9.17, 15) is 4.79 Å². The van der Waals surface area contributed by atoms with Crippen molar-refractivity contribution in [2.45, 2.75) is 6.10 Å². The van der Waals surface area contributed by atoms with Crippen LogP contribution in [0.2, 0.25) is 0 Å². The van der Waals surface area contributed by atoms with Crippen LogP contribution in [0.15, 0.2) is 29.2 Å². The summed E-state index contributed by atoms with van der Waals surface area (Å²) in [5, 5.41) is 6.85. The highest BCUT2D eigenvalue weighted by Gasteiger charge is 2.44. The van der Waals surface area contributed by atoms with Gasteiger partial charge in [0.25, 0.3) is 5.91 Å². The minimum atomic E-state index is -0.00372. The molecule has 0 aliphatic carbocycles. The Morgan fingerprint density at radius 3 is 3.08 bits per heavy atom. The molecule has 2 saturated heterocycles. The Hall–Kier alpha value is -2.19. The molecule has 3 atom stereocenters. The van der Waals surface area contributed by atoms with Crippen molar-refractivity contribution < 1.29 is 9.53 Å². The summed E-state index contributed by atoms with van der Waals surface area (Å²) in [5.41, 5.74) is 0.732. The topological polar surface area (TPSA) is 70.6 Å². The van der Waals surface area contributed by atoms with Crippen LogP contribution in [0.25, 0.3) is 0 Å². The molecule has 2 fully saturated rings. The third-order valence-electron chi connectivity index (χ3n) is 5.17. The van der Waals surface area contributed by atoms with Crippen LogP contribution < -0.4 is 15.1 Å². The lowest BCUT2D eigenvalue weighted by atomic mass is 9.93. The molecule has 0 saturated carbocycles. The molecule has 26 heavy (non-hydrogen) atoms. The van der Waals surface area contributed by atoms with Gasteiger partial charge in [-0.3, -0.25) is 4.79 Å². The lowest BCUT2D eigenvalue weighted by molar-refractivity contribution is 0.0940. The van der Waals surface area contributed by atoms with Crippen LogP contribution in [0.3, 0.4) is 0 Å². The number of amides is 1.